The number of aryl methyl sites for hydroxylation is 1. The number of rotatable bonds is 5. The Morgan fingerprint density at radius 1 is 1.23 bits per heavy atom. The van der Waals surface area contributed by atoms with E-state index in [4.69, 9.17) is 11.6 Å². The fourth-order valence-electron chi connectivity index (χ4n) is 2.85. The Morgan fingerprint density at radius 2 is 2.00 bits per heavy atom. The quantitative estimate of drug-likeness (QED) is 0.807. The summed E-state index contributed by atoms with van der Waals surface area (Å²) < 4.78 is 0. The van der Waals surface area contributed by atoms with Crippen LogP contribution < -0.4 is 10.2 Å². The molecule has 26 heavy (non-hydrogen) atoms. The molecule has 2 amide bonds. The molecule has 3 rings (SSSR count). The first-order valence-electron chi connectivity index (χ1n) is 8.64. The van der Waals surface area contributed by atoms with Gasteiger partial charge in [0.1, 0.15) is 0 Å². The highest BCUT2D eigenvalue weighted by Crippen LogP contribution is 2.21. The van der Waals surface area contributed by atoms with Crippen LogP contribution in [0.25, 0.3) is 6.08 Å². The van der Waals surface area contributed by atoms with Gasteiger partial charge in [0.05, 0.1) is 0 Å². The maximum Gasteiger partial charge on any atom is 0.244 e. The summed E-state index contributed by atoms with van der Waals surface area (Å²) in [4.78, 5) is 25.5. The van der Waals surface area contributed by atoms with E-state index in [2.05, 4.69) is 5.32 Å². The zero-order valence-corrected chi connectivity index (χ0v) is 15.4. The van der Waals surface area contributed by atoms with Crippen LogP contribution in [0.4, 0.5) is 5.69 Å². The van der Waals surface area contributed by atoms with Crippen molar-refractivity contribution in [3.8, 4) is 0 Å². The molecule has 2 aromatic carbocycles. The molecule has 0 aromatic heterocycles. The standard InChI is InChI=1S/C21H21ClN2O2/c1-15-4-5-16(13-19(15)22)8-11-20(25)23-14-17-6-9-18(10-7-17)24-12-2-3-21(24)26/h4-11,13H,2-3,12,14H2,1H3,(H,23,25)/b11-8+. The zero-order valence-electron chi connectivity index (χ0n) is 14.7. The van der Waals surface area contributed by atoms with Gasteiger partial charge in [-0.2, -0.15) is 0 Å². The molecule has 2 aromatic rings. The molecule has 1 aliphatic heterocycles. The van der Waals surface area contributed by atoms with Crippen molar-refractivity contribution in [3.63, 3.8) is 0 Å². The Morgan fingerprint density at radius 3 is 2.65 bits per heavy atom. The molecule has 0 radical (unpaired) electrons. The minimum Gasteiger partial charge on any atom is -0.348 e. The van der Waals surface area contributed by atoms with Crippen molar-refractivity contribution in [2.24, 2.45) is 0 Å². The molecule has 0 saturated carbocycles. The number of amides is 2. The lowest BCUT2D eigenvalue weighted by molar-refractivity contribution is -0.117. The van der Waals surface area contributed by atoms with Crippen molar-refractivity contribution in [1.29, 1.82) is 0 Å². The lowest BCUT2D eigenvalue weighted by Crippen LogP contribution is -2.23. The van der Waals surface area contributed by atoms with E-state index in [1.54, 1.807) is 11.0 Å². The fraction of sp³-hybridized carbons (Fsp3) is 0.238. The number of carbonyl (C=O) groups excluding carboxylic acids is 2. The van der Waals surface area contributed by atoms with E-state index < -0.39 is 0 Å². The highest BCUT2D eigenvalue weighted by molar-refractivity contribution is 6.31. The molecule has 0 aliphatic carbocycles. The van der Waals surface area contributed by atoms with Crippen LogP contribution in [-0.4, -0.2) is 18.4 Å². The van der Waals surface area contributed by atoms with Crippen molar-refractivity contribution in [3.05, 3.63) is 70.3 Å². The maximum absolute atomic E-state index is 12.0. The molecular weight excluding hydrogens is 348 g/mol. The van der Waals surface area contributed by atoms with Gasteiger partial charge < -0.3 is 10.2 Å². The van der Waals surface area contributed by atoms with Crippen LogP contribution in [0.1, 0.15) is 29.5 Å². The van der Waals surface area contributed by atoms with Crippen molar-refractivity contribution in [2.75, 3.05) is 11.4 Å². The molecular formula is C21H21ClN2O2. The van der Waals surface area contributed by atoms with E-state index in [-0.39, 0.29) is 11.8 Å². The maximum atomic E-state index is 12.0. The molecule has 0 spiro atoms. The number of nitrogens with one attached hydrogen (secondary N) is 1. The number of benzene rings is 2. The van der Waals surface area contributed by atoms with E-state index in [0.29, 0.717) is 18.0 Å². The van der Waals surface area contributed by atoms with Gasteiger partial charge in [0, 0.05) is 36.3 Å². The van der Waals surface area contributed by atoms with Gasteiger partial charge in [-0.1, -0.05) is 35.9 Å². The number of hydrogen-bond donors (Lipinski definition) is 1. The molecule has 1 saturated heterocycles. The second-order valence-corrected chi connectivity index (χ2v) is 6.78. The van der Waals surface area contributed by atoms with E-state index in [0.717, 1.165) is 35.3 Å². The van der Waals surface area contributed by atoms with Crippen LogP contribution in [-0.2, 0) is 16.1 Å². The average Bonchev–Trinajstić information content (AvgIpc) is 3.07. The monoisotopic (exact) mass is 368 g/mol. The van der Waals surface area contributed by atoms with Crippen molar-refractivity contribution in [2.45, 2.75) is 26.3 Å². The zero-order chi connectivity index (χ0) is 18.5. The Balaban J connectivity index is 1.53. The average molecular weight is 369 g/mol. The van der Waals surface area contributed by atoms with Gasteiger partial charge in [-0.3, -0.25) is 9.59 Å². The van der Waals surface area contributed by atoms with E-state index >= 15 is 0 Å². The highest BCUT2D eigenvalue weighted by Gasteiger charge is 2.21. The minimum absolute atomic E-state index is 0.166. The van der Waals surface area contributed by atoms with Gasteiger partial charge in [0.25, 0.3) is 0 Å². The Bertz CT molecular complexity index is 844. The molecule has 1 fully saturated rings. The number of anilines is 1. The second kappa shape index (κ2) is 8.19. The molecule has 5 heteroatoms. The molecule has 1 aliphatic rings. The van der Waals surface area contributed by atoms with Crippen molar-refractivity contribution in [1.82, 2.24) is 5.32 Å². The van der Waals surface area contributed by atoms with Gasteiger partial charge in [0.2, 0.25) is 11.8 Å². The minimum atomic E-state index is -0.166. The summed E-state index contributed by atoms with van der Waals surface area (Å²) in [5.41, 5.74) is 3.79. The van der Waals surface area contributed by atoms with Gasteiger partial charge >= 0.3 is 0 Å². The predicted octanol–water partition coefficient (Wildman–Crippen LogP) is 4.10. The van der Waals surface area contributed by atoms with Crippen LogP contribution in [0.5, 0.6) is 0 Å². The second-order valence-electron chi connectivity index (χ2n) is 6.38. The molecule has 134 valence electrons. The first-order valence-corrected chi connectivity index (χ1v) is 9.02. The third kappa shape index (κ3) is 4.52. The van der Waals surface area contributed by atoms with Crippen LogP contribution in [0.3, 0.4) is 0 Å². The predicted molar refractivity (Wildman–Crippen MR) is 105 cm³/mol. The summed E-state index contributed by atoms with van der Waals surface area (Å²) in [6.07, 6.45) is 4.77. The summed E-state index contributed by atoms with van der Waals surface area (Å²) in [6, 6.07) is 13.4. The number of carbonyl (C=O) groups is 2. The molecule has 0 unspecified atom stereocenters. The molecule has 0 atom stereocenters. The smallest absolute Gasteiger partial charge is 0.244 e. The molecule has 4 nitrogen and oxygen atoms in total. The normalized spacial score (nSPS) is 14.2. The fourth-order valence-corrected chi connectivity index (χ4v) is 3.04. The molecule has 1 heterocycles. The van der Waals surface area contributed by atoms with Gasteiger partial charge in [-0.15, -0.1) is 0 Å². The number of hydrogen-bond acceptors (Lipinski definition) is 2. The lowest BCUT2D eigenvalue weighted by atomic mass is 10.1. The summed E-state index contributed by atoms with van der Waals surface area (Å²) >= 11 is 6.08. The van der Waals surface area contributed by atoms with Crippen LogP contribution in [0.15, 0.2) is 48.5 Å². The van der Waals surface area contributed by atoms with Crippen LogP contribution in [0, 0.1) is 6.92 Å². The number of halogens is 1. The van der Waals surface area contributed by atoms with Crippen molar-refractivity contribution < 1.29 is 9.59 Å². The molecule has 0 bridgehead atoms. The Kier molecular flexibility index (Phi) is 5.74. The lowest BCUT2D eigenvalue weighted by Gasteiger charge is -2.15. The van der Waals surface area contributed by atoms with Crippen molar-refractivity contribution >= 4 is 35.2 Å². The topological polar surface area (TPSA) is 49.4 Å². The Labute approximate surface area is 158 Å². The third-order valence-corrected chi connectivity index (χ3v) is 4.82. The largest absolute Gasteiger partial charge is 0.348 e. The first-order chi connectivity index (χ1) is 12.5. The summed E-state index contributed by atoms with van der Waals surface area (Å²) in [5.74, 6) is 0.00731. The van der Waals surface area contributed by atoms with Gasteiger partial charge in [-0.05, 0) is 54.3 Å². The summed E-state index contributed by atoms with van der Waals surface area (Å²) in [5, 5.41) is 3.54. The summed E-state index contributed by atoms with van der Waals surface area (Å²) in [6.45, 7) is 3.15. The van der Waals surface area contributed by atoms with Crippen LogP contribution >= 0.6 is 11.6 Å². The summed E-state index contributed by atoms with van der Waals surface area (Å²) in [7, 11) is 0. The van der Waals surface area contributed by atoms with E-state index in [1.165, 1.54) is 6.08 Å². The third-order valence-electron chi connectivity index (χ3n) is 4.41. The highest BCUT2D eigenvalue weighted by atomic mass is 35.5. The van der Waals surface area contributed by atoms with Crippen LogP contribution in [0.2, 0.25) is 5.02 Å². The van der Waals surface area contributed by atoms with Gasteiger partial charge in [0.15, 0.2) is 0 Å². The SMILES string of the molecule is Cc1ccc(/C=C/C(=O)NCc2ccc(N3CCCC3=O)cc2)cc1Cl. The van der Waals surface area contributed by atoms with E-state index in [1.807, 2.05) is 49.4 Å². The molecule has 1 N–H and O–H groups in total. The van der Waals surface area contributed by atoms with E-state index in [9.17, 15) is 9.59 Å². The number of nitrogens with zero attached hydrogens (tertiary/aromatic N) is 1. The van der Waals surface area contributed by atoms with Gasteiger partial charge in [-0.25, -0.2) is 0 Å². The Hall–Kier alpha value is -2.59. The first kappa shape index (κ1) is 18.2.